The molecule has 3 aromatic carbocycles. The van der Waals surface area contributed by atoms with E-state index in [1.165, 1.54) is 36.0 Å². The number of carbonyl (C=O) groups excluding carboxylic acids is 2. The normalized spacial score (nSPS) is 11.9. The summed E-state index contributed by atoms with van der Waals surface area (Å²) in [4.78, 5) is 25.7. The molecule has 0 saturated heterocycles. The molecule has 0 radical (unpaired) electrons. The summed E-state index contributed by atoms with van der Waals surface area (Å²) in [6.07, 6.45) is -3.66. The minimum Gasteiger partial charge on any atom is -0.321 e. The number of thioether (sulfide) groups is 1. The molecule has 0 spiro atoms. The van der Waals surface area contributed by atoms with E-state index in [4.69, 9.17) is 27.8 Å². The number of rotatable bonds is 10. The van der Waals surface area contributed by atoms with Crippen molar-refractivity contribution >= 4 is 68.8 Å². The minimum absolute atomic E-state index is 0.0349. The zero-order valence-corrected chi connectivity index (χ0v) is 23.4. The van der Waals surface area contributed by atoms with Crippen molar-refractivity contribution in [1.29, 1.82) is 0 Å². The molecule has 0 unspecified atom stereocenters. The number of nitrogens with zero attached hydrogens (tertiary/aromatic N) is 1. The van der Waals surface area contributed by atoms with E-state index >= 15 is 0 Å². The minimum atomic E-state index is -4.67. The summed E-state index contributed by atoms with van der Waals surface area (Å²) in [5.41, 5.74) is 2.21. The van der Waals surface area contributed by atoms with Crippen molar-refractivity contribution in [3.05, 3.63) is 98.5 Å². The van der Waals surface area contributed by atoms with Crippen LogP contribution in [0.2, 0.25) is 10.0 Å². The standard InChI is InChI=1S/C25H20Cl2F3N3O5S2/c26-18-5-7-22(32-23(34)17-3-1-2-16(10-17)14-39-8-9-40(36,37)38)19(12-18)24(35)33-31-13-15-4-6-21(27)20(11-15)25(28,29)30/h1-7,10-13H,8-9,14H2,(H,32,34)(H,33,35)(H,36,37,38). The fourth-order valence-electron chi connectivity index (χ4n) is 3.23. The van der Waals surface area contributed by atoms with Crippen LogP contribution in [0.3, 0.4) is 0 Å². The predicted molar refractivity (Wildman–Crippen MR) is 150 cm³/mol. The van der Waals surface area contributed by atoms with Crippen LogP contribution < -0.4 is 10.7 Å². The quantitative estimate of drug-likeness (QED) is 0.106. The van der Waals surface area contributed by atoms with E-state index in [0.29, 0.717) is 5.75 Å². The molecular weight excluding hydrogens is 614 g/mol. The maximum atomic E-state index is 13.1. The first kappa shape index (κ1) is 31.4. The highest BCUT2D eigenvalue weighted by molar-refractivity contribution is 7.99. The molecule has 0 aliphatic rings. The number of nitrogens with one attached hydrogen (secondary N) is 2. The average molecular weight is 634 g/mol. The maximum Gasteiger partial charge on any atom is 0.417 e. The number of amides is 2. The summed E-state index contributed by atoms with van der Waals surface area (Å²) in [6, 6.07) is 13.8. The molecule has 0 saturated carbocycles. The van der Waals surface area contributed by atoms with Crippen LogP contribution in [0.15, 0.2) is 65.8 Å². The summed E-state index contributed by atoms with van der Waals surface area (Å²) < 4.78 is 69.7. The Labute approximate surface area is 241 Å². The van der Waals surface area contributed by atoms with Crippen LogP contribution in [0, 0.1) is 0 Å². The van der Waals surface area contributed by atoms with Crippen LogP contribution in [0.25, 0.3) is 0 Å². The molecule has 0 atom stereocenters. The third kappa shape index (κ3) is 9.52. The van der Waals surface area contributed by atoms with Gasteiger partial charge in [-0.15, -0.1) is 0 Å². The van der Waals surface area contributed by atoms with Gasteiger partial charge >= 0.3 is 6.18 Å². The van der Waals surface area contributed by atoms with Gasteiger partial charge in [0, 0.05) is 22.1 Å². The third-order valence-electron chi connectivity index (χ3n) is 5.09. The van der Waals surface area contributed by atoms with E-state index in [0.717, 1.165) is 23.9 Å². The Bertz CT molecular complexity index is 1550. The Kier molecular flexibility index (Phi) is 10.6. The van der Waals surface area contributed by atoms with Gasteiger partial charge in [0.1, 0.15) is 0 Å². The number of halogens is 5. The molecule has 0 aromatic heterocycles. The number of anilines is 1. The molecule has 0 heterocycles. The van der Waals surface area contributed by atoms with Crippen LogP contribution in [0.4, 0.5) is 18.9 Å². The summed E-state index contributed by atoms with van der Waals surface area (Å²) >= 11 is 12.9. The molecule has 40 heavy (non-hydrogen) atoms. The van der Waals surface area contributed by atoms with Gasteiger partial charge in [-0.05, 0) is 53.6 Å². The molecule has 0 aliphatic heterocycles. The summed E-state index contributed by atoms with van der Waals surface area (Å²) in [7, 11) is -4.06. The predicted octanol–water partition coefficient (Wildman–Crippen LogP) is 6.15. The van der Waals surface area contributed by atoms with Crippen LogP contribution >= 0.6 is 35.0 Å². The van der Waals surface area contributed by atoms with E-state index in [-0.39, 0.29) is 33.2 Å². The lowest BCUT2D eigenvalue weighted by Gasteiger charge is -2.12. The first-order valence-corrected chi connectivity index (χ1v) is 14.7. The summed E-state index contributed by atoms with van der Waals surface area (Å²) in [5, 5.41) is 6.02. The first-order valence-electron chi connectivity index (χ1n) is 11.2. The fraction of sp³-hybridized carbons (Fsp3) is 0.160. The molecule has 15 heteroatoms. The van der Waals surface area contributed by atoms with Gasteiger partial charge in [-0.2, -0.15) is 38.5 Å². The maximum absolute atomic E-state index is 13.1. The highest BCUT2D eigenvalue weighted by Crippen LogP contribution is 2.34. The molecular formula is C25H20Cl2F3N3O5S2. The topological polar surface area (TPSA) is 125 Å². The van der Waals surface area contributed by atoms with E-state index in [9.17, 15) is 31.2 Å². The van der Waals surface area contributed by atoms with Gasteiger partial charge in [0.25, 0.3) is 21.9 Å². The fourth-order valence-corrected chi connectivity index (χ4v) is 5.50. The van der Waals surface area contributed by atoms with Gasteiger partial charge < -0.3 is 5.32 Å². The van der Waals surface area contributed by atoms with Crippen molar-refractivity contribution in [3.8, 4) is 0 Å². The Hall–Kier alpha value is -3.10. The monoisotopic (exact) mass is 633 g/mol. The van der Waals surface area contributed by atoms with E-state index in [1.54, 1.807) is 24.3 Å². The Balaban J connectivity index is 1.70. The number of benzene rings is 3. The lowest BCUT2D eigenvalue weighted by Crippen LogP contribution is -2.21. The average Bonchev–Trinajstić information content (AvgIpc) is 2.87. The van der Waals surface area contributed by atoms with Gasteiger partial charge in [0.2, 0.25) is 0 Å². The largest absolute Gasteiger partial charge is 0.417 e. The third-order valence-corrected chi connectivity index (χ3v) is 7.67. The Morgan fingerprint density at radius 3 is 2.48 bits per heavy atom. The molecule has 8 nitrogen and oxygen atoms in total. The van der Waals surface area contributed by atoms with Gasteiger partial charge in [-0.1, -0.05) is 41.4 Å². The number of alkyl halides is 3. The molecule has 0 fully saturated rings. The van der Waals surface area contributed by atoms with Crippen molar-refractivity contribution in [2.24, 2.45) is 5.10 Å². The Morgan fingerprint density at radius 1 is 1.02 bits per heavy atom. The number of hydrazone groups is 1. The van der Waals surface area contributed by atoms with Crippen molar-refractivity contribution < 1.29 is 35.7 Å². The first-order chi connectivity index (χ1) is 18.7. The van der Waals surface area contributed by atoms with Gasteiger partial charge in [0.15, 0.2) is 0 Å². The number of hydrogen-bond donors (Lipinski definition) is 3. The second kappa shape index (κ2) is 13.5. The van der Waals surface area contributed by atoms with Gasteiger partial charge in [0.05, 0.1) is 33.8 Å². The van der Waals surface area contributed by atoms with Crippen LogP contribution in [0.1, 0.15) is 37.4 Å². The lowest BCUT2D eigenvalue weighted by molar-refractivity contribution is -0.137. The highest BCUT2D eigenvalue weighted by Gasteiger charge is 2.33. The molecule has 212 valence electrons. The smallest absolute Gasteiger partial charge is 0.321 e. The van der Waals surface area contributed by atoms with Gasteiger partial charge in [-0.3, -0.25) is 14.1 Å². The second-order valence-electron chi connectivity index (χ2n) is 8.12. The molecule has 0 bridgehead atoms. The van der Waals surface area contributed by atoms with Crippen molar-refractivity contribution in [1.82, 2.24) is 5.43 Å². The molecule has 3 rings (SSSR count). The Morgan fingerprint density at radius 2 is 1.77 bits per heavy atom. The SMILES string of the molecule is O=C(Nc1ccc(Cl)cc1C(=O)NN=Cc1ccc(Cl)c(C(F)(F)F)c1)c1cccc(CSCCS(=O)(=O)O)c1. The van der Waals surface area contributed by atoms with Crippen LogP contribution in [-0.4, -0.2) is 42.5 Å². The second-order valence-corrected chi connectivity index (χ2v) is 11.6. The summed E-state index contributed by atoms with van der Waals surface area (Å²) in [5.74, 6) is -1.17. The zero-order chi connectivity index (χ0) is 29.5. The highest BCUT2D eigenvalue weighted by atomic mass is 35.5. The summed E-state index contributed by atoms with van der Waals surface area (Å²) in [6.45, 7) is 0. The van der Waals surface area contributed by atoms with Crippen molar-refractivity contribution in [2.45, 2.75) is 11.9 Å². The molecule has 0 aliphatic carbocycles. The van der Waals surface area contributed by atoms with E-state index in [2.05, 4.69) is 15.8 Å². The van der Waals surface area contributed by atoms with Crippen LogP contribution in [0.5, 0.6) is 0 Å². The van der Waals surface area contributed by atoms with E-state index in [1.807, 2.05) is 0 Å². The van der Waals surface area contributed by atoms with Gasteiger partial charge in [-0.25, -0.2) is 5.43 Å². The van der Waals surface area contributed by atoms with Crippen molar-refractivity contribution in [3.63, 3.8) is 0 Å². The number of carbonyl (C=O) groups is 2. The molecule has 2 amide bonds. The molecule has 3 N–H and O–H groups in total. The molecule has 3 aromatic rings. The zero-order valence-electron chi connectivity index (χ0n) is 20.2. The van der Waals surface area contributed by atoms with E-state index < -0.39 is 44.4 Å². The van der Waals surface area contributed by atoms with Crippen LogP contribution in [-0.2, 0) is 22.0 Å². The number of hydrogen-bond acceptors (Lipinski definition) is 6. The lowest BCUT2D eigenvalue weighted by atomic mass is 10.1. The van der Waals surface area contributed by atoms with Crippen molar-refractivity contribution in [2.75, 3.05) is 16.8 Å².